The van der Waals surface area contributed by atoms with Crippen molar-refractivity contribution in [3.63, 3.8) is 0 Å². The monoisotopic (exact) mass is 494 g/mol. The molecule has 1 fully saturated rings. The van der Waals surface area contributed by atoms with Gasteiger partial charge in [0.15, 0.2) is 0 Å². The Morgan fingerprint density at radius 2 is 1.97 bits per heavy atom. The van der Waals surface area contributed by atoms with Gasteiger partial charge in [-0.2, -0.15) is 10.2 Å². The van der Waals surface area contributed by atoms with Crippen LogP contribution >= 0.6 is 11.6 Å². The molecule has 5 rings (SSSR count). The second-order valence-corrected chi connectivity index (χ2v) is 10.1. The number of halogens is 2. The Labute approximate surface area is 207 Å². The van der Waals surface area contributed by atoms with Crippen LogP contribution in [0.15, 0.2) is 54.0 Å². The molecule has 10 heteroatoms. The van der Waals surface area contributed by atoms with Gasteiger partial charge in [0, 0.05) is 48.7 Å². The Balaban J connectivity index is 1.65. The fourth-order valence-electron chi connectivity index (χ4n) is 4.67. The highest BCUT2D eigenvalue weighted by atomic mass is 35.5. The third kappa shape index (κ3) is 4.26. The molecule has 0 saturated heterocycles. The normalized spacial score (nSPS) is 20.0. The number of nitrogens with one attached hydrogen (secondary N) is 1. The van der Waals surface area contributed by atoms with E-state index in [0.717, 1.165) is 35.2 Å². The third-order valence-electron chi connectivity index (χ3n) is 7.04. The number of aromatic nitrogens is 4. The van der Waals surface area contributed by atoms with Gasteiger partial charge in [-0.15, -0.1) is 0 Å². The van der Waals surface area contributed by atoms with Gasteiger partial charge in [0.05, 0.1) is 39.9 Å². The summed E-state index contributed by atoms with van der Waals surface area (Å²) in [6, 6.07) is 6.23. The van der Waals surface area contributed by atoms with Crippen LogP contribution in [0.2, 0.25) is 5.02 Å². The first-order chi connectivity index (χ1) is 16.6. The molecule has 5 N–H and O–H groups in total. The van der Waals surface area contributed by atoms with E-state index in [0.29, 0.717) is 10.6 Å². The Bertz CT molecular complexity index is 1440. The predicted molar refractivity (Wildman–Crippen MR) is 138 cm³/mol. The zero-order chi connectivity index (χ0) is 24.9. The van der Waals surface area contributed by atoms with Crippen LogP contribution in [0, 0.1) is 11.2 Å². The van der Waals surface area contributed by atoms with Crippen LogP contribution in [0.3, 0.4) is 0 Å². The van der Waals surface area contributed by atoms with Crippen LogP contribution < -0.4 is 16.8 Å². The standard InChI is InChI=1S/C25H28ClFN8/c1-25(2)21(28)6-7-22(25)33-23-17(24(29)32-19-9-16(27)4-5-18(19)26)11-31-35-13-14(8-20(23)35)15-10-30-34(3)12-15/h4-5,8-13,21-22,33H,6-7,28H2,1-3H3,(H2,29,32). The molecule has 0 aliphatic heterocycles. The van der Waals surface area contributed by atoms with Gasteiger partial charge in [0.25, 0.3) is 0 Å². The molecule has 1 aliphatic carbocycles. The average molecular weight is 495 g/mol. The fraction of sp³-hybridized carbons (Fsp3) is 0.320. The highest BCUT2D eigenvalue weighted by Crippen LogP contribution is 2.40. The van der Waals surface area contributed by atoms with Crippen LogP contribution in [-0.4, -0.2) is 37.3 Å². The second-order valence-electron chi connectivity index (χ2n) is 9.69. The van der Waals surface area contributed by atoms with E-state index in [-0.39, 0.29) is 29.0 Å². The molecule has 0 bridgehead atoms. The summed E-state index contributed by atoms with van der Waals surface area (Å²) in [5.74, 6) is -0.262. The number of aliphatic imine (C=N–C) groups is 1. The minimum absolute atomic E-state index is 0.0798. The molecule has 2 atom stereocenters. The summed E-state index contributed by atoms with van der Waals surface area (Å²) in [6.45, 7) is 4.34. The lowest BCUT2D eigenvalue weighted by molar-refractivity contribution is 0.308. The molecule has 35 heavy (non-hydrogen) atoms. The van der Waals surface area contributed by atoms with Crippen LogP contribution in [0.4, 0.5) is 15.8 Å². The Morgan fingerprint density at radius 1 is 1.17 bits per heavy atom. The van der Waals surface area contributed by atoms with Crippen LogP contribution in [0.5, 0.6) is 0 Å². The third-order valence-corrected chi connectivity index (χ3v) is 7.36. The molecule has 1 aromatic carbocycles. The molecule has 1 aliphatic rings. The summed E-state index contributed by atoms with van der Waals surface area (Å²) >= 11 is 6.24. The number of nitrogens with zero attached hydrogens (tertiary/aromatic N) is 5. The summed E-state index contributed by atoms with van der Waals surface area (Å²) < 4.78 is 17.4. The number of benzene rings is 1. The summed E-state index contributed by atoms with van der Waals surface area (Å²) in [4.78, 5) is 4.45. The van der Waals surface area contributed by atoms with E-state index in [1.807, 2.05) is 31.7 Å². The highest BCUT2D eigenvalue weighted by Gasteiger charge is 2.41. The predicted octanol–water partition coefficient (Wildman–Crippen LogP) is 4.49. The van der Waals surface area contributed by atoms with Gasteiger partial charge in [0.2, 0.25) is 0 Å². The maximum Gasteiger partial charge on any atom is 0.135 e. The van der Waals surface area contributed by atoms with E-state index in [4.69, 9.17) is 23.1 Å². The van der Waals surface area contributed by atoms with Crippen molar-refractivity contribution >= 4 is 34.3 Å². The molecule has 2 unspecified atom stereocenters. The van der Waals surface area contributed by atoms with Crippen molar-refractivity contribution in [2.75, 3.05) is 5.32 Å². The molecular weight excluding hydrogens is 467 g/mol. The number of hydrogen-bond acceptors (Lipinski definition) is 5. The number of hydrogen-bond donors (Lipinski definition) is 3. The van der Waals surface area contributed by atoms with Gasteiger partial charge < -0.3 is 16.8 Å². The van der Waals surface area contributed by atoms with Crippen molar-refractivity contribution in [2.45, 2.75) is 38.8 Å². The lowest BCUT2D eigenvalue weighted by atomic mass is 9.84. The van der Waals surface area contributed by atoms with Crippen molar-refractivity contribution in [1.29, 1.82) is 0 Å². The molecule has 0 radical (unpaired) electrons. The van der Waals surface area contributed by atoms with Crippen LogP contribution in [0.1, 0.15) is 32.3 Å². The van der Waals surface area contributed by atoms with Crippen molar-refractivity contribution < 1.29 is 4.39 Å². The summed E-state index contributed by atoms with van der Waals surface area (Å²) in [5, 5.41) is 12.9. The SMILES string of the molecule is Cn1cc(-c2cc3c(NC4CCC(N)C4(C)C)c(C(N)=Nc4cc(F)ccc4Cl)cnn3c2)cn1. The van der Waals surface area contributed by atoms with Crippen LogP contribution in [-0.2, 0) is 7.05 Å². The van der Waals surface area contributed by atoms with E-state index >= 15 is 0 Å². The smallest absolute Gasteiger partial charge is 0.135 e. The van der Waals surface area contributed by atoms with Crippen molar-refractivity contribution in [3.05, 3.63) is 65.5 Å². The Hall–Kier alpha value is -3.43. The average Bonchev–Trinajstić information content (AvgIpc) is 3.50. The van der Waals surface area contributed by atoms with E-state index in [1.54, 1.807) is 15.4 Å². The molecule has 4 aromatic rings. The number of aryl methyl sites for hydroxylation is 1. The largest absolute Gasteiger partial charge is 0.383 e. The highest BCUT2D eigenvalue weighted by molar-refractivity contribution is 6.33. The van der Waals surface area contributed by atoms with Crippen LogP contribution in [0.25, 0.3) is 16.6 Å². The topological polar surface area (TPSA) is 112 Å². The van der Waals surface area contributed by atoms with Gasteiger partial charge >= 0.3 is 0 Å². The minimum Gasteiger partial charge on any atom is -0.383 e. The maximum absolute atomic E-state index is 13.8. The van der Waals surface area contributed by atoms with Crippen molar-refractivity contribution in [1.82, 2.24) is 19.4 Å². The minimum atomic E-state index is -0.442. The van der Waals surface area contributed by atoms with Gasteiger partial charge in [-0.25, -0.2) is 13.9 Å². The zero-order valence-corrected chi connectivity index (χ0v) is 20.6. The number of amidine groups is 1. The number of anilines is 1. The fourth-order valence-corrected chi connectivity index (χ4v) is 4.83. The van der Waals surface area contributed by atoms with Gasteiger partial charge in [0.1, 0.15) is 11.7 Å². The summed E-state index contributed by atoms with van der Waals surface area (Å²) in [6.07, 6.45) is 9.21. The van der Waals surface area contributed by atoms with Gasteiger partial charge in [-0.05, 0) is 36.5 Å². The van der Waals surface area contributed by atoms with E-state index in [1.165, 1.54) is 18.2 Å². The molecule has 3 heterocycles. The molecule has 0 spiro atoms. The zero-order valence-electron chi connectivity index (χ0n) is 19.8. The maximum atomic E-state index is 13.8. The number of nitrogens with two attached hydrogens (primary N) is 2. The second kappa shape index (κ2) is 8.66. The quantitative estimate of drug-likeness (QED) is 0.279. The van der Waals surface area contributed by atoms with Crippen molar-refractivity contribution in [3.8, 4) is 11.1 Å². The molecule has 0 amide bonds. The summed E-state index contributed by atoms with van der Waals surface area (Å²) in [7, 11) is 1.88. The Kier molecular flexibility index (Phi) is 5.77. The van der Waals surface area contributed by atoms with Crippen molar-refractivity contribution in [2.24, 2.45) is 28.9 Å². The molecule has 1 saturated carbocycles. The molecule has 3 aromatic heterocycles. The molecular formula is C25H28ClFN8. The summed E-state index contributed by atoms with van der Waals surface area (Å²) in [5.41, 5.74) is 17.2. The lowest BCUT2D eigenvalue weighted by Crippen LogP contribution is -2.42. The van der Waals surface area contributed by atoms with Gasteiger partial charge in [-0.1, -0.05) is 25.4 Å². The van der Waals surface area contributed by atoms with E-state index in [2.05, 4.69) is 34.4 Å². The first-order valence-electron chi connectivity index (χ1n) is 11.5. The number of fused-ring (bicyclic) bond motifs is 1. The Morgan fingerprint density at radius 3 is 2.66 bits per heavy atom. The van der Waals surface area contributed by atoms with E-state index < -0.39 is 5.82 Å². The lowest BCUT2D eigenvalue weighted by Gasteiger charge is -2.32. The molecule has 182 valence electrons. The van der Waals surface area contributed by atoms with E-state index in [9.17, 15) is 4.39 Å². The first kappa shape index (κ1) is 23.3. The number of rotatable bonds is 5. The van der Waals surface area contributed by atoms with Gasteiger partial charge in [-0.3, -0.25) is 4.68 Å². The first-order valence-corrected chi connectivity index (χ1v) is 11.8. The molecule has 8 nitrogen and oxygen atoms in total.